The third kappa shape index (κ3) is 7.16. The molecule has 2 aliphatic rings. The van der Waals surface area contributed by atoms with E-state index in [2.05, 4.69) is 34.3 Å². The van der Waals surface area contributed by atoms with Gasteiger partial charge in [0.1, 0.15) is 12.4 Å². The van der Waals surface area contributed by atoms with Crippen molar-refractivity contribution in [1.82, 2.24) is 19.4 Å². The standard InChI is InChI=1S/C27H38N4O6S/c1-29(20-22-7-10-27(32)28-22)19-21-5-4-6-23(17-21)37-16-15-30-11-13-31(14-12-30)38(33,34)24-8-9-25(35-2)26(18-24)36-3/h4-6,8-9,17-18,22H,7,10-16,19-20H2,1-3H3,(H,28,32). The molecule has 2 aromatic rings. The minimum Gasteiger partial charge on any atom is -0.493 e. The van der Waals surface area contributed by atoms with E-state index in [0.717, 1.165) is 37.4 Å². The van der Waals surface area contributed by atoms with E-state index in [9.17, 15) is 13.2 Å². The van der Waals surface area contributed by atoms with Gasteiger partial charge in [0, 0.05) is 64.3 Å². The number of sulfonamides is 1. The van der Waals surface area contributed by atoms with Gasteiger partial charge in [-0.2, -0.15) is 4.31 Å². The first-order valence-electron chi connectivity index (χ1n) is 12.9. The Hall–Kier alpha value is -2.86. The molecule has 0 aliphatic carbocycles. The molecule has 2 heterocycles. The molecule has 2 saturated heterocycles. The topological polar surface area (TPSA) is 101 Å². The average molecular weight is 547 g/mol. The van der Waals surface area contributed by atoms with E-state index in [4.69, 9.17) is 14.2 Å². The zero-order valence-corrected chi connectivity index (χ0v) is 23.2. The summed E-state index contributed by atoms with van der Waals surface area (Å²) in [6.07, 6.45) is 1.51. The van der Waals surface area contributed by atoms with Gasteiger partial charge in [-0.15, -0.1) is 0 Å². The number of methoxy groups -OCH3 is 2. The van der Waals surface area contributed by atoms with Crippen LogP contribution in [0, 0.1) is 0 Å². The van der Waals surface area contributed by atoms with Crippen LogP contribution in [0.1, 0.15) is 18.4 Å². The number of nitrogens with one attached hydrogen (secondary N) is 1. The Morgan fingerprint density at radius 3 is 2.47 bits per heavy atom. The molecule has 208 valence electrons. The molecule has 1 unspecified atom stereocenters. The van der Waals surface area contributed by atoms with Crippen LogP contribution in [0.25, 0.3) is 0 Å². The first-order valence-corrected chi connectivity index (χ1v) is 14.4. The monoisotopic (exact) mass is 546 g/mol. The van der Waals surface area contributed by atoms with Gasteiger partial charge in [0.2, 0.25) is 15.9 Å². The number of ether oxygens (including phenoxy) is 3. The number of carbonyl (C=O) groups excluding carboxylic acids is 1. The summed E-state index contributed by atoms with van der Waals surface area (Å²) in [4.78, 5) is 16.1. The summed E-state index contributed by atoms with van der Waals surface area (Å²) in [5, 5.41) is 3.01. The van der Waals surface area contributed by atoms with Crippen molar-refractivity contribution in [2.75, 3.05) is 67.1 Å². The molecular weight excluding hydrogens is 508 g/mol. The van der Waals surface area contributed by atoms with Crippen molar-refractivity contribution in [3.05, 3.63) is 48.0 Å². The smallest absolute Gasteiger partial charge is 0.243 e. The molecule has 1 N–H and O–H groups in total. The zero-order valence-electron chi connectivity index (χ0n) is 22.4. The van der Waals surface area contributed by atoms with Crippen LogP contribution < -0.4 is 19.5 Å². The number of rotatable bonds is 12. The number of hydrogen-bond acceptors (Lipinski definition) is 8. The zero-order chi connectivity index (χ0) is 27.1. The molecule has 2 aliphatic heterocycles. The number of hydrogen-bond donors (Lipinski definition) is 1. The highest BCUT2D eigenvalue weighted by atomic mass is 32.2. The Labute approximate surface area is 225 Å². The van der Waals surface area contributed by atoms with E-state index in [1.807, 2.05) is 12.1 Å². The summed E-state index contributed by atoms with van der Waals surface area (Å²) in [7, 11) is 1.45. The first-order chi connectivity index (χ1) is 18.3. The van der Waals surface area contributed by atoms with Gasteiger partial charge in [0.15, 0.2) is 11.5 Å². The van der Waals surface area contributed by atoms with Crippen molar-refractivity contribution < 1.29 is 27.4 Å². The number of piperazine rings is 1. The molecule has 0 spiro atoms. The van der Waals surface area contributed by atoms with Crippen LogP contribution in [-0.2, 0) is 21.4 Å². The highest BCUT2D eigenvalue weighted by Gasteiger charge is 2.29. The van der Waals surface area contributed by atoms with E-state index >= 15 is 0 Å². The number of nitrogens with zero attached hydrogens (tertiary/aromatic N) is 3. The number of benzene rings is 2. The van der Waals surface area contributed by atoms with Crippen LogP contribution in [0.5, 0.6) is 17.2 Å². The van der Waals surface area contributed by atoms with Gasteiger partial charge < -0.3 is 24.4 Å². The molecule has 0 aromatic heterocycles. The molecule has 38 heavy (non-hydrogen) atoms. The molecule has 0 bridgehead atoms. The van der Waals surface area contributed by atoms with Gasteiger partial charge >= 0.3 is 0 Å². The summed E-state index contributed by atoms with van der Waals surface area (Å²) in [5.41, 5.74) is 1.16. The second kappa shape index (κ2) is 12.8. The Balaban J connectivity index is 1.22. The van der Waals surface area contributed by atoms with Crippen LogP contribution in [0.3, 0.4) is 0 Å². The fourth-order valence-corrected chi connectivity index (χ4v) is 6.35. The minimum atomic E-state index is -3.62. The maximum atomic E-state index is 13.1. The summed E-state index contributed by atoms with van der Waals surface area (Å²) >= 11 is 0. The summed E-state index contributed by atoms with van der Waals surface area (Å²) < 4.78 is 44.3. The normalized spacial score (nSPS) is 18.9. The highest BCUT2D eigenvalue weighted by molar-refractivity contribution is 7.89. The van der Waals surface area contributed by atoms with Gasteiger partial charge in [0.05, 0.1) is 19.1 Å². The van der Waals surface area contributed by atoms with Crippen molar-refractivity contribution in [3.8, 4) is 17.2 Å². The maximum Gasteiger partial charge on any atom is 0.243 e. The van der Waals surface area contributed by atoms with Gasteiger partial charge in [-0.3, -0.25) is 9.69 Å². The van der Waals surface area contributed by atoms with E-state index < -0.39 is 10.0 Å². The third-order valence-electron chi connectivity index (χ3n) is 6.97. The van der Waals surface area contributed by atoms with Crippen LogP contribution in [0.2, 0.25) is 0 Å². The predicted octanol–water partition coefficient (Wildman–Crippen LogP) is 1.80. The van der Waals surface area contributed by atoms with Crippen molar-refractivity contribution in [1.29, 1.82) is 0 Å². The second-order valence-electron chi connectivity index (χ2n) is 9.76. The molecule has 1 atom stereocenters. The van der Waals surface area contributed by atoms with E-state index in [1.165, 1.54) is 24.6 Å². The summed E-state index contributed by atoms with van der Waals surface area (Å²) in [5.74, 6) is 1.84. The molecule has 2 aromatic carbocycles. The Bertz CT molecular complexity index is 1200. The van der Waals surface area contributed by atoms with E-state index in [-0.39, 0.29) is 16.8 Å². The lowest BCUT2D eigenvalue weighted by Gasteiger charge is -2.33. The lowest BCUT2D eigenvalue weighted by molar-refractivity contribution is -0.119. The first kappa shape index (κ1) is 28.2. The lowest BCUT2D eigenvalue weighted by Crippen LogP contribution is -2.49. The van der Waals surface area contributed by atoms with Crippen molar-refractivity contribution in [3.63, 3.8) is 0 Å². The molecular formula is C27H38N4O6S. The van der Waals surface area contributed by atoms with E-state index in [0.29, 0.717) is 50.7 Å². The minimum absolute atomic E-state index is 0.139. The third-order valence-corrected chi connectivity index (χ3v) is 8.86. The highest BCUT2D eigenvalue weighted by Crippen LogP contribution is 2.31. The van der Waals surface area contributed by atoms with Crippen molar-refractivity contribution in [2.45, 2.75) is 30.3 Å². The molecule has 11 heteroatoms. The van der Waals surface area contributed by atoms with Gasteiger partial charge in [-0.25, -0.2) is 8.42 Å². The SMILES string of the molecule is COc1ccc(S(=O)(=O)N2CCN(CCOc3cccc(CN(C)CC4CCC(=O)N4)c3)CC2)cc1OC. The second-order valence-corrected chi connectivity index (χ2v) is 11.7. The Morgan fingerprint density at radius 2 is 1.79 bits per heavy atom. The number of carbonyl (C=O) groups is 1. The van der Waals surface area contributed by atoms with Crippen molar-refractivity contribution >= 4 is 15.9 Å². The molecule has 4 rings (SSSR count). The molecule has 2 fully saturated rings. The van der Waals surface area contributed by atoms with Gasteiger partial charge in [-0.1, -0.05) is 12.1 Å². The Morgan fingerprint density at radius 1 is 1.03 bits per heavy atom. The van der Waals surface area contributed by atoms with Gasteiger partial charge in [0.25, 0.3) is 0 Å². The summed E-state index contributed by atoms with van der Waals surface area (Å²) in [6.45, 7) is 4.95. The van der Waals surface area contributed by atoms with Crippen LogP contribution >= 0.6 is 0 Å². The lowest BCUT2D eigenvalue weighted by atomic mass is 10.1. The summed E-state index contributed by atoms with van der Waals surface area (Å²) in [6, 6.07) is 13.0. The molecule has 10 nitrogen and oxygen atoms in total. The van der Waals surface area contributed by atoms with Crippen LogP contribution in [-0.4, -0.2) is 102 Å². The van der Waals surface area contributed by atoms with Crippen LogP contribution in [0.15, 0.2) is 47.4 Å². The molecule has 0 radical (unpaired) electrons. The average Bonchev–Trinajstić information content (AvgIpc) is 3.32. The van der Waals surface area contributed by atoms with Gasteiger partial charge in [-0.05, 0) is 43.3 Å². The molecule has 1 amide bonds. The predicted molar refractivity (Wildman–Crippen MR) is 144 cm³/mol. The fraction of sp³-hybridized carbons (Fsp3) is 0.519. The molecule has 0 saturated carbocycles. The number of amides is 1. The quantitative estimate of drug-likeness (QED) is 0.430. The largest absolute Gasteiger partial charge is 0.493 e. The maximum absolute atomic E-state index is 13.1. The van der Waals surface area contributed by atoms with Crippen LogP contribution in [0.4, 0.5) is 0 Å². The Kier molecular flexibility index (Phi) is 9.48. The fourth-order valence-electron chi connectivity index (χ4n) is 4.91. The van der Waals surface area contributed by atoms with E-state index in [1.54, 1.807) is 12.1 Å². The number of likely N-dealkylation sites (N-methyl/N-ethyl adjacent to an activating group) is 1. The van der Waals surface area contributed by atoms with Crippen molar-refractivity contribution in [2.24, 2.45) is 0 Å².